The van der Waals surface area contributed by atoms with Gasteiger partial charge < -0.3 is 4.42 Å². The minimum Gasteiger partial charge on any atom is -0.461 e. The van der Waals surface area contributed by atoms with Gasteiger partial charge in [0, 0.05) is 30.0 Å². The number of hydrogen-bond acceptors (Lipinski definition) is 5. The van der Waals surface area contributed by atoms with Gasteiger partial charge >= 0.3 is 0 Å². The molecule has 1 aliphatic carbocycles. The summed E-state index contributed by atoms with van der Waals surface area (Å²) in [5.74, 6) is 1.98. The lowest BCUT2D eigenvalue weighted by molar-refractivity contribution is 0.100. The molecule has 0 unspecified atom stereocenters. The molecule has 5 rings (SSSR count). The molecule has 3 heterocycles. The molecule has 30 heavy (non-hydrogen) atoms. The van der Waals surface area contributed by atoms with Crippen LogP contribution in [0.2, 0.25) is 0 Å². The molecule has 3 aromatic rings. The van der Waals surface area contributed by atoms with Gasteiger partial charge in [0.1, 0.15) is 17.2 Å². The second-order valence-corrected chi connectivity index (χ2v) is 9.62. The maximum absolute atomic E-state index is 13.4. The van der Waals surface area contributed by atoms with Crippen molar-refractivity contribution in [2.45, 2.75) is 30.7 Å². The highest BCUT2D eigenvalue weighted by atomic mass is 32.2. The van der Waals surface area contributed by atoms with Crippen molar-refractivity contribution < 1.29 is 17.6 Å². The molecule has 0 radical (unpaired) electrons. The summed E-state index contributed by atoms with van der Waals surface area (Å²) in [6.45, 7) is 2.17. The third-order valence-electron chi connectivity index (χ3n) is 5.65. The molecule has 2 atom stereocenters. The van der Waals surface area contributed by atoms with Crippen molar-refractivity contribution in [2.75, 3.05) is 0 Å². The fraction of sp³-hybridized carbons (Fsp3) is 0.217. The van der Waals surface area contributed by atoms with E-state index < -0.39 is 10.0 Å². The Morgan fingerprint density at radius 1 is 1.17 bits per heavy atom. The van der Waals surface area contributed by atoms with Crippen LogP contribution in [0.15, 0.2) is 75.9 Å². The Morgan fingerprint density at radius 3 is 2.70 bits per heavy atom. The zero-order valence-corrected chi connectivity index (χ0v) is 17.2. The molecular formula is C23H20N2O4S. The molecule has 152 valence electrons. The molecule has 0 bridgehead atoms. The predicted molar refractivity (Wildman–Crippen MR) is 111 cm³/mol. The fourth-order valence-corrected chi connectivity index (χ4v) is 5.48. The van der Waals surface area contributed by atoms with Gasteiger partial charge in [0.25, 0.3) is 10.0 Å². The van der Waals surface area contributed by atoms with Gasteiger partial charge in [0.05, 0.1) is 11.4 Å². The van der Waals surface area contributed by atoms with E-state index in [-0.39, 0.29) is 28.5 Å². The number of benzene rings is 1. The maximum atomic E-state index is 13.4. The van der Waals surface area contributed by atoms with Gasteiger partial charge in [0.15, 0.2) is 0 Å². The van der Waals surface area contributed by atoms with E-state index in [1.165, 1.54) is 12.1 Å². The summed E-state index contributed by atoms with van der Waals surface area (Å²) in [4.78, 5) is 17.4. The largest absolute Gasteiger partial charge is 0.461 e. The maximum Gasteiger partial charge on any atom is 0.265 e. The molecule has 0 saturated heterocycles. The molecule has 0 amide bonds. The van der Waals surface area contributed by atoms with Crippen LogP contribution < -0.4 is 0 Å². The topological polar surface area (TPSA) is 80.5 Å². The normalized spacial score (nSPS) is 23.4. The van der Waals surface area contributed by atoms with E-state index in [2.05, 4.69) is 11.9 Å². The number of rotatable bonds is 4. The Kier molecular flexibility index (Phi) is 4.36. The van der Waals surface area contributed by atoms with Crippen molar-refractivity contribution in [3.63, 3.8) is 0 Å². The number of aromatic nitrogens is 1. The molecule has 6 nitrogen and oxygen atoms in total. The zero-order chi connectivity index (χ0) is 20.9. The highest BCUT2D eigenvalue weighted by molar-refractivity contribution is 7.89. The van der Waals surface area contributed by atoms with Crippen LogP contribution in [-0.4, -0.2) is 23.5 Å². The van der Waals surface area contributed by atoms with Gasteiger partial charge in [-0.3, -0.25) is 14.1 Å². The predicted octanol–water partition coefficient (Wildman–Crippen LogP) is 4.23. The molecule has 2 aliphatic rings. The number of ketones is 1. The van der Waals surface area contributed by atoms with Gasteiger partial charge in [0.2, 0.25) is 5.78 Å². The molecule has 1 aromatic carbocycles. The number of fused-ring (bicyclic) bond motifs is 1. The molecule has 7 heteroatoms. The number of furan rings is 1. The number of carbonyl (C=O) groups is 1. The Hall–Kier alpha value is -3.19. The van der Waals surface area contributed by atoms with Crippen LogP contribution in [0.1, 0.15) is 46.7 Å². The summed E-state index contributed by atoms with van der Waals surface area (Å²) >= 11 is 0. The van der Waals surface area contributed by atoms with Gasteiger partial charge in [-0.2, -0.15) is 0 Å². The number of allylic oxidation sites excluding steroid dienone is 1. The van der Waals surface area contributed by atoms with Crippen LogP contribution in [-0.2, 0) is 16.6 Å². The summed E-state index contributed by atoms with van der Waals surface area (Å²) in [6.07, 6.45) is 5.83. The number of pyridine rings is 1. The molecule has 1 saturated carbocycles. The van der Waals surface area contributed by atoms with Crippen molar-refractivity contribution in [1.29, 1.82) is 0 Å². The Balaban J connectivity index is 1.62. The van der Waals surface area contributed by atoms with E-state index in [1.54, 1.807) is 48.8 Å². The van der Waals surface area contributed by atoms with Crippen LogP contribution in [0.5, 0.6) is 0 Å². The quantitative estimate of drug-likeness (QED) is 0.590. The van der Waals surface area contributed by atoms with Gasteiger partial charge in [-0.25, -0.2) is 8.42 Å². The minimum atomic E-state index is -3.91. The second kappa shape index (κ2) is 6.95. The van der Waals surface area contributed by atoms with Gasteiger partial charge in [-0.05, 0) is 48.2 Å². The monoisotopic (exact) mass is 420 g/mol. The van der Waals surface area contributed by atoms with Crippen LogP contribution in [0.4, 0.5) is 0 Å². The van der Waals surface area contributed by atoms with E-state index in [9.17, 15) is 13.2 Å². The van der Waals surface area contributed by atoms with Crippen LogP contribution in [0.25, 0.3) is 6.08 Å². The van der Waals surface area contributed by atoms with Crippen LogP contribution in [0, 0.1) is 5.92 Å². The first-order valence-corrected chi connectivity index (χ1v) is 11.3. The van der Waals surface area contributed by atoms with Crippen molar-refractivity contribution in [1.82, 2.24) is 9.29 Å². The van der Waals surface area contributed by atoms with E-state index in [1.807, 2.05) is 6.07 Å². The molecule has 0 spiro atoms. The molecule has 1 fully saturated rings. The lowest BCUT2D eigenvalue weighted by atomic mass is 10.1. The second-order valence-electron chi connectivity index (χ2n) is 7.79. The highest BCUT2D eigenvalue weighted by Crippen LogP contribution is 2.47. The van der Waals surface area contributed by atoms with Gasteiger partial charge in [-0.1, -0.05) is 25.1 Å². The Labute approximate surface area is 174 Å². The van der Waals surface area contributed by atoms with Crippen LogP contribution >= 0.6 is 0 Å². The first-order valence-electron chi connectivity index (χ1n) is 9.82. The highest BCUT2D eigenvalue weighted by Gasteiger charge is 2.40. The van der Waals surface area contributed by atoms with E-state index >= 15 is 0 Å². The summed E-state index contributed by atoms with van der Waals surface area (Å²) in [6, 6.07) is 13.5. The number of nitrogens with zero attached hydrogens (tertiary/aromatic N) is 2. The summed E-state index contributed by atoms with van der Waals surface area (Å²) in [7, 11) is -3.91. The molecule has 2 aromatic heterocycles. The Morgan fingerprint density at radius 2 is 1.97 bits per heavy atom. The number of carbonyl (C=O) groups excluding carboxylic acids is 1. The molecule has 0 N–H and O–H groups in total. The Bertz CT molecular complexity index is 1260. The lowest BCUT2D eigenvalue weighted by Crippen LogP contribution is -2.38. The van der Waals surface area contributed by atoms with Crippen LogP contribution in [0.3, 0.4) is 0 Å². The van der Waals surface area contributed by atoms with Crippen molar-refractivity contribution >= 4 is 21.9 Å². The number of sulfonamides is 1. The first kappa shape index (κ1) is 18.8. The third-order valence-corrected chi connectivity index (χ3v) is 7.47. The van der Waals surface area contributed by atoms with Crippen molar-refractivity contribution in [2.24, 2.45) is 5.92 Å². The number of hydrogen-bond donors (Lipinski definition) is 0. The third kappa shape index (κ3) is 3.15. The van der Waals surface area contributed by atoms with E-state index in [0.29, 0.717) is 23.2 Å². The van der Waals surface area contributed by atoms with E-state index in [0.717, 1.165) is 16.5 Å². The number of Topliss-reactive ketones (excluding diaryl/α,β-unsaturated/α-hetero) is 1. The fourth-order valence-electron chi connectivity index (χ4n) is 3.84. The average molecular weight is 420 g/mol. The standard InChI is InChI=1S/C23H20N2O4S/c1-15-11-19(15)21-9-8-17(29-21)12-20-23(26)18-6-2-3-7-22(18)30(27,28)25(20)14-16-5-4-10-24-13-16/h2-10,12-13,15,19H,11,14H2,1H3/b20-12+/t15-,19+/m1/s1. The minimum absolute atomic E-state index is 0.00923. The van der Waals surface area contributed by atoms with Gasteiger partial charge in [-0.15, -0.1) is 0 Å². The average Bonchev–Trinajstić information content (AvgIpc) is 3.30. The van der Waals surface area contributed by atoms with E-state index in [4.69, 9.17) is 4.42 Å². The zero-order valence-electron chi connectivity index (χ0n) is 16.4. The molecular weight excluding hydrogens is 400 g/mol. The first-order chi connectivity index (χ1) is 14.4. The summed E-state index contributed by atoms with van der Waals surface area (Å²) in [5.41, 5.74) is 0.933. The summed E-state index contributed by atoms with van der Waals surface area (Å²) in [5, 5.41) is 0. The van der Waals surface area contributed by atoms with Crippen molar-refractivity contribution in [3.05, 3.63) is 89.3 Å². The SMILES string of the molecule is C[C@@H]1C[C@@H]1c1ccc(/C=C2\C(=O)c3ccccc3S(=O)(=O)N2Cc2cccnc2)o1. The van der Waals surface area contributed by atoms with Crippen molar-refractivity contribution in [3.8, 4) is 0 Å². The summed E-state index contributed by atoms with van der Waals surface area (Å²) < 4.78 is 33.9. The molecule has 1 aliphatic heterocycles. The smallest absolute Gasteiger partial charge is 0.265 e. The lowest BCUT2D eigenvalue weighted by Gasteiger charge is -2.31.